The highest BCUT2D eigenvalue weighted by atomic mass is 14.9. The summed E-state index contributed by atoms with van der Waals surface area (Å²) < 4.78 is 0. The summed E-state index contributed by atoms with van der Waals surface area (Å²) in [6, 6.07) is 0. The highest BCUT2D eigenvalue weighted by Gasteiger charge is 2.02. The molecule has 0 bridgehead atoms. The topological polar surface area (TPSA) is 12.0 Å². The van der Waals surface area contributed by atoms with Gasteiger partial charge in [-0.05, 0) is 31.4 Å². The van der Waals surface area contributed by atoms with Crippen molar-refractivity contribution in [3.63, 3.8) is 0 Å². The molecular formula is C14H19N. The second-order valence-corrected chi connectivity index (χ2v) is 3.50. The third kappa shape index (κ3) is 3.62. The number of hydrogen-bond donors (Lipinski definition) is 1. The lowest BCUT2D eigenvalue weighted by Gasteiger charge is -2.12. The van der Waals surface area contributed by atoms with Crippen molar-refractivity contribution in [2.45, 2.75) is 26.7 Å². The lowest BCUT2D eigenvalue weighted by atomic mass is 10.1. The predicted molar refractivity (Wildman–Crippen MR) is 67.3 cm³/mol. The molecule has 1 aliphatic heterocycles. The molecule has 0 aliphatic carbocycles. The van der Waals surface area contributed by atoms with Crippen molar-refractivity contribution < 1.29 is 0 Å². The van der Waals surface area contributed by atoms with Crippen LogP contribution in [0.2, 0.25) is 0 Å². The summed E-state index contributed by atoms with van der Waals surface area (Å²) in [5.74, 6) is 0. The van der Waals surface area contributed by atoms with Crippen LogP contribution < -0.4 is 5.32 Å². The van der Waals surface area contributed by atoms with E-state index >= 15 is 0 Å². The number of hydrogen-bond acceptors (Lipinski definition) is 1. The highest BCUT2D eigenvalue weighted by Crippen LogP contribution is 2.15. The summed E-state index contributed by atoms with van der Waals surface area (Å²) in [4.78, 5) is 0. The molecule has 0 atom stereocenters. The molecule has 1 heterocycles. The van der Waals surface area contributed by atoms with Crippen molar-refractivity contribution in [1.82, 2.24) is 5.32 Å². The average Bonchev–Trinajstić information content (AvgIpc) is 2.31. The second kappa shape index (κ2) is 6.07. The SMILES string of the molecule is C=C1/C=C\C=C/CC(/C=C\C)=C(/CC)N1. The maximum atomic E-state index is 3.96. The van der Waals surface area contributed by atoms with Crippen LogP contribution in [0.25, 0.3) is 0 Å². The fraction of sp³-hybridized carbons (Fsp3) is 0.286. The third-order valence-corrected chi connectivity index (χ3v) is 2.30. The van der Waals surface area contributed by atoms with E-state index < -0.39 is 0 Å². The Morgan fingerprint density at radius 3 is 2.93 bits per heavy atom. The Hall–Kier alpha value is -1.50. The number of rotatable bonds is 2. The zero-order valence-corrected chi connectivity index (χ0v) is 9.59. The molecule has 0 radical (unpaired) electrons. The molecule has 1 rings (SSSR count). The van der Waals surface area contributed by atoms with E-state index in [2.05, 4.69) is 43.1 Å². The van der Waals surface area contributed by atoms with Crippen LogP contribution in [0.4, 0.5) is 0 Å². The Labute approximate surface area is 92.6 Å². The molecular weight excluding hydrogens is 182 g/mol. The van der Waals surface area contributed by atoms with E-state index in [9.17, 15) is 0 Å². The van der Waals surface area contributed by atoms with Crippen LogP contribution in [0.15, 0.2) is 60.0 Å². The molecule has 0 aromatic heterocycles. The van der Waals surface area contributed by atoms with E-state index in [0.717, 1.165) is 18.5 Å². The van der Waals surface area contributed by atoms with Gasteiger partial charge in [-0.2, -0.15) is 0 Å². The van der Waals surface area contributed by atoms with Gasteiger partial charge in [0.25, 0.3) is 0 Å². The van der Waals surface area contributed by atoms with E-state index in [4.69, 9.17) is 0 Å². The van der Waals surface area contributed by atoms with Gasteiger partial charge < -0.3 is 5.32 Å². The molecule has 0 saturated carbocycles. The quantitative estimate of drug-likeness (QED) is 0.715. The summed E-state index contributed by atoms with van der Waals surface area (Å²) in [5.41, 5.74) is 3.54. The van der Waals surface area contributed by atoms with E-state index in [1.54, 1.807) is 0 Å². The van der Waals surface area contributed by atoms with E-state index in [1.165, 1.54) is 11.3 Å². The van der Waals surface area contributed by atoms with Gasteiger partial charge in [0.1, 0.15) is 0 Å². The first-order valence-corrected chi connectivity index (χ1v) is 5.41. The Balaban J connectivity index is 3.02. The minimum atomic E-state index is 0.945. The highest BCUT2D eigenvalue weighted by molar-refractivity contribution is 5.33. The van der Waals surface area contributed by atoms with Gasteiger partial charge >= 0.3 is 0 Å². The van der Waals surface area contributed by atoms with Gasteiger partial charge in [0.2, 0.25) is 0 Å². The smallest absolute Gasteiger partial charge is 0.0308 e. The van der Waals surface area contributed by atoms with Crippen LogP contribution in [0, 0.1) is 0 Å². The van der Waals surface area contributed by atoms with Gasteiger partial charge in [0.15, 0.2) is 0 Å². The van der Waals surface area contributed by atoms with Crippen molar-refractivity contribution in [2.75, 3.05) is 0 Å². The molecule has 1 aliphatic rings. The largest absolute Gasteiger partial charge is 0.359 e. The summed E-state index contributed by atoms with van der Waals surface area (Å²) in [6.07, 6.45) is 14.4. The van der Waals surface area contributed by atoms with Gasteiger partial charge in [-0.3, -0.25) is 0 Å². The summed E-state index contributed by atoms with van der Waals surface area (Å²) in [7, 11) is 0. The van der Waals surface area contributed by atoms with Gasteiger partial charge in [-0.1, -0.05) is 43.9 Å². The van der Waals surface area contributed by atoms with E-state index in [0.29, 0.717) is 0 Å². The lowest BCUT2D eigenvalue weighted by Crippen LogP contribution is -2.11. The fourth-order valence-corrected chi connectivity index (χ4v) is 1.57. The zero-order valence-electron chi connectivity index (χ0n) is 9.59. The van der Waals surface area contributed by atoms with E-state index in [-0.39, 0.29) is 0 Å². The molecule has 1 nitrogen and oxygen atoms in total. The van der Waals surface area contributed by atoms with Crippen molar-refractivity contribution in [3.8, 4) is 0 Å². The normalized spacial score (nSPS) is 26.7. The Morgan fingerprint density at radius 1 is 1.47 bits per heavy atom. The van der Waals surface area contributed by atoms with Crippen LogP contribution in [-0.4, -0.2) is 0 Å². The summed E-state index contributed by atoms with van der Waals surface area (Å²) in [6.45, 7) is 8.16. The van der Waals surface area contributed by atoms with Crippen LogP contribution in [0.3, 0.4) is 0 Å². The fourth-order valence-electron chi connectivity index (χ4n) is 1.57. The number of allylic oxidation sites excluding steroid dienone is 8. The molecule has 0 fully saturated rings. The molecule has 15 heavy (non-hydrogen) atoms. The molecule has 80 valence electrons. The molecule has 0 aromatic rings. The van der Waals surface area contributed by atoms with Crippen molar-refractivity contribution in [3.05, 3.63) is 60.0 Å². The van der Waals surface area contributed by atoms with Crippen molar-refractivity contribution in [2.24, 2.45) is 0 Å². The minimum Gasteiger partial charge on any atom is -0.359 e. The lowest BCUT2D eigenvalue weighted by molar-refractivity contribution is 0.888. The Kier molecular flexibility index (Phi) is 4.69. The maximum absolute atomic E-state index is 3.96. The number of nitrogens with one attached hydrogen (secondary N) is 1. The van der Waals surface area contributed by atoms with Crippen LogP contribution in [0.5, 0.6) is 0 Å². The van der Waals surface area contributed by atoms with Gasteiger partial charge in [0.05, 0.1) is 0 Å². The summed E-state index contributed by atoms with van der Waals surface area (Å²) in [5, 5.41) is 3.35. The van der Waals surface area contributed by atoms with Crippen molar-refractivity contribution >= 4 is 0 Å². The molecule has 0 saturated heterocycles. The first kappa shape index (κ1) is 11.6. The van der Waals surface area contributed by atoms with Gasteiger partial charge in [-0.25, -0.2) is 0 Å². The zero-order chi connectivity index (χ0) is 11.1. The predicted octanol–water partition coefficient (Wildman–Crippen LogP) is 3.85. The Bertz CT molecular complexity index is 340. The second-order valence-electron chi connectivity index (χ2n) is 3.50. The van der Waals surface area contributed by atoms with Crippen LogP contribution in [0.1, 0.15) is 26.7 Å². The molecule has 0 unspecified atom stereocenters. The first-order chi connectivity index (χ1) is 7.27. The Morgan fingerprint density at radius 2 is 2.27 bits per heavy atom. The molecule has 0 amide bonds. The monoisotopic (exact) mass is 201 g/mol. The average molecular weight is 201 g/mol. The van der Waals surface area contributed by atoms with Crippen LogP contribution in [-0.2, 0) is 0 Å². The molecule has 1 N–H and O–H groups in total. The third-order valence-electron chi connectivity index (χ3n) is 2.30. The summed E-state index contributed by atoms with van der Waals surface area (Å²) >= 11 is 0. The molecule has 0 aromatic carbocycles. The molecule has 0 spiro atoms. The molecule has 1 heteroatoms. The van der Waals surface area contributed by atoms with Gasteiger partial charge in [0, 0.05) is 11.4 Å². The maximum Gasteiger partial charge on any atom is 0.0308 e. The van der Waals surface area contributed by atoms with E-state index in [1.807, 2.05) is 19.1 Å². The van der Waals surface area contributed by atoms with Crippen molar-refractivity contribution in [1.29, 1.82) is 0 Å². The standard InChI is InChI=1S/C14H19N/c1-4-9-13-11-8-6-7-10-12(3)15-14(13)5-2/h4,6-10,15H,3,5,11H2,1-2H3/b8-6-,9-4-,10-7-,14-13-. The van der Waals surface area contributed by atoms with Gasteiger partial charge in [-0.15, -0.1) is 0 Å². The van der Waals surface area contributed by atoms with Crippen LogP contribution >= 0.6 is 0 Å². The minimum absolute atomic E-state index is 0.945. The first-order valence-electron chi connectivity index (χ1n) is 5.41.